The molecule has 1 aromatic carbocycles. The predicted molar refractivity (Wildman–Crippen MR) is 88.9 cm³/mol. The van der Waals surface area contributed by atoms with Gasteiger partial charge in [0, 0.05) is 0 Å². The molecule has 0 bridgehead atoms. The zero-order valence-electron chi connectivity index (χ0n) is 13.9. The smallest absolute Gasteiger partial charge is 0.295 e. The van der Waals surface area contributed by atoms with E-state index in [9.17, 15) is 4.79 Å². The van der Waals surface area contributed by atoms with E-state index >= 15 is 0 Å². The quantitative estimate of drug-likeness (QED) is 0.553. The van der Waals surface area contributed by atoms with Crippen LogP contribution in [-0.4, -0.2) is 51.6 Å². The Kier molecular flexibility index (Phi) is 7.03. The maximum Gasteiger partial charge on any atom is 0.295 e. The van der Waals surface area contributed by atoms with E-state index in [1.165, 1.54) is 4.90 Å². The molecule has 0 unspecified atom stereocenters. The van der Waals surface area contributed by atoms with Crippen LogP contribution in [0.4, 0.5) is 0 Å². The van der Waals surface area contributed by atoms with Crippen molar-refractivity contribution < 1.29 is 19.2 Å². The molecule has 23 heavy (non-hydrogen) atoms. The van der Waals surface area contributed by atoms with E-state index in [0.29, 0.717) is 19.1 Å². The summed E-state index contributed by atoms with van der Waals surface area (Å²) < 4.78 is 10.9. The molecule has 1 aliphatic rings. The third-order valence-corrected chi connectivity index (χ3v) is 3.48. The van der Waals surface area contributed by atoms with Gasteiger partial charge in [-0.25, -0.2) is 5.43 Å². The number of nitrogens with one attached hydrogen (secondary N) is 2. The summed E-state index contributed by atoms with van der Waals surface area (Å²) >= 11 is 0. The Morgan fingerprint density at radius 3 is 2.70 bits per heavy atom. The van der Waals surface area contributed by atoms with Crippen LogP contribution in [-0.2, 0) is 9.53 Å². The maximum atomic E-state index is 11.8. The van der Waals surface area contributed by atoms with Crippen molar-refractivity contribution in [3.05, 3.63) is 29.8 Å². The van der Waals surface area contributed by atoms with Gasteiger partial charge in [0.15, 0.2) is 6.54 Å². The number of carbonyl (C=O) groups is 1. The number of hydrogen-bond acceptors (Lipinski definition) is 4. The van der Waals surface area contributed by atoms with Crippen molar-refractivity contribution in [3.63, 3.8) is 0 Å². The second-order valence-electron chi connectivity index (χ2n) is 6.11. The first-order chi connectivity index (χ1) is 11.1. The van der Waals surface area contributed by atoms with Gasteiger partial charge in [-0.2, -0.15) is 5.10 Å². The molecule has 0 aliphatic carbocycles. The summed E-state index contributed by atoms with van der Waals surface area (Å²) in [4.78, 5) is 13.0. The molecule has 0 atom stereocenters. The van der Waals surface area contributed by atoms with Crippen LogP contribution < -0.4 is 15.1 Å². The summed E-state index contributed by atoms with van der Waals surface area (Å²) in [5.74, 6) is 1.27. The first kappa shape index (κ1) is 17.4. The molecule has 1 saturated heterocycles. The number of nitrogens with zero attached hydrogens (tertiary/aromatic N) is 1. The third-order valence-electron chi connectivity index (χ3n) is 3.48. The highest BCUT2D eigenvalue weighted by molar-refractivity contribution is 5.82. The molecule has 1 aliphatic heterocycles. The predicted octanol–water partition coefficient (Wildman–Crippen LogP) is 0.0866. The Balaban J connectivity index is 1.72. The fourth-order valence-electron chi connectivity index (χ4n) is 2.20. The van der Waals surface area contributed by atoms with Gasteiger partial charge in [0.05, 0.1) is 26.0 Å². The number of hydrogen-bond donors (Lipinski definition) is 2. The van der Waals surface area contributed by atoms with E-state index < -0.39 is 0 Å². The Morgan fingerprint density at radius 1 is 1.35 bits per heavy atom. The minimum absolute atomic E-state index is 0.0740. The van der Waals surface area contributed by atoms with Gasteiger partial charge in [0.25, 0.3) is 5.91 Å². The average Bonchev–Trinajstić information content (AvgIpc) is 2.55. The molecular weight excluding hydrogens is 294 g/mol. The Morgan fingerprint density at radius 2 is 2.04 bits per heavy atom. The second-order valence-corrected chi connectivity index (χ2v) is 6.11. The van der Waals surface area contributed by atoms with E-state index in [1.807, 2.05) is 24.3 Å². The van der Waals surface area contributed by atoms with Crippen LogP contribution in [0, 0.1) is 5.92 Å². The zero-order chi connectivity index (χ0) is 16.5. The normalized spacial score (nSPS) is 16.0. The second kappa shape index (κ2) is 9.27. The number of hydrazone groups is 1. The first-order valence-electron chi connectivity index (χ1n) is 8.09. The van der Waals surface area contributed by atoms with Crippen molar-refractivity contribution in [2.24, 2.45) is 11.0 Å². The van der Waals surface area contributed by atoms with Gasteiger partial charge < -0.3 is 14.4 Å². The van der Waals surface area contributed by atoms with E-state index in [1.54, 1.807) is 6.21 Å². The fraction of sp³-hybridized carbons (Fsp3) is 0.529. The number of carbonyl (C=O) groups excluding carboxylic acids is 1. The number of benzene rings is 1. The van der Waals surface area contributed by atoms with Crippen molar-refractivity contribution in [3.8, 4) is 5.75 Å². The molecule has 1 heterocycles. The van der Waals surface area contributed by atoms with Crippen molar-refractivity contribution in [2.45, 2.75) is 13.8 Å². The van der Waals surface area contributed by atoms with E-state index in [0.717, 1.165) is 37.6 Å². The summed E-state index contributed by atoms with van der Waals surface area (Å²) in [6.45, 7) is 8.54. The molecule has 0 aromatic heterocycles. The van der Waals surface area contributed by atoms with Crippen molar-refractivity contribution in [1.82, 2.24) is 5.43 Å². The highest BCUT2D eigenvalue weighted by Gasteiger charge is 2.16. The maximum absolute atomic E-state index is 11.8. The standard InChI is InChI=1S/C17H25N3O3/c1-14(2)13-23-16-5-3-15(4-6-16)11-18-19-17(21)12-20-7-9-22-10-8-20/h3-6,11,14H,7-10,12-13H2,1-2H3,(H,19,21)/p+1/b18-11-. The van der Waals surface area contributed by atoms with Crippen LogP contribution in [0.5, 0.6) is 5.75 Å². The van der Waals surface area contributed by atoms with Crippen LogP contribution in [0.1, 0.15) is 19.4 Å². The monoisotopic (exact) mass is 320 g/mol. The number of rotatable bonds is 7. The van der Waals surface area contributed by atoms with Gasteiger partial charge in [0.1, 0.15) is 18.8 Å². The first-order valence-corrected chi connectivity index (χ1v) is 8.09. The van der Waals surface area contributed by atoms with E-state index in [-0.39, 0.29) is 5.91 Å². The summed E-state index contributed by atoms with van der Waals surface area (Å²) in [6, 6.07) is 7.64. The summed E-state index contributed by atoms with van der Waals surface area (Å²) in [6.07, 6.45) is 1.64. The van der Waals surface area contributed by atoms with Crippen LogP contribution in [0.15, 0.2) is 29.4 Å². The number of morpholine rings is 1. The van der Waals surface area contributed by atoms with E-state index in [2.05, 4.69) is 24.4 Å². The number of ether oxygens (including phenoxy) is 2. The van der Waals surface area contributed by atoms with Crippen molar-refractivity contribution >= 4 is 12.1 Å². The van der Waals surface area contributed by atoms with E-state index in [4.69, 9.17) is 9.47 Å². The molecule has 0 radical (unpaired) electrons. The average molecular weight is 320 g/mol. The zero-order valence-corrected chi connectivity index (χ0v) is 13.9. The molecule has 0 saturated carbocycles. The Hall–Kier alpha value is -1.92. The molecule has 6 nitrogen and oxygen atoms in total. The van der Waals surface area contributed by atoms with Crippen LogP contribution >= 0.6 is 0 Å². The van der Waals surface area contributed by atoms with Crippen LogP contribution in [0.25, 0.3) is 0 Å². The molecule has 0 spiro atoms. The lowest BCUT2D eigenvalue weighted by Crippen LogP contribution is -3.15. The van der Waals surface area contributed by atoms with Crippen molar-refractivity contribution in [1.29, 1.82) is 0 Å². The molecular formula is C17H26N3O3+. The SMILES string of the molecule is CC(C)COc1ccc(/C=N\NC(=O)C[NH+]2CCOCC2)cc1. The summed E-state index contributed by atoms with van der Waals surface area (Å²) in [7, 11) is 0. The molecule has 126 valence electrons. The van der Waals surface area contributed by atoms with Gasteiger partial charge in [-0.05, 0) is 35.7 Å². The Bertz CT molecular complexity index is 508. The number of quaternary nitrogens is 1. The minimum atomic E-state index is -0.0740. The number of amides is 1. The highest BCUT2D eigenvalue weighted by Crippen LogP contribution is 2.12. The largest absolute Gasteiger partial charge is 0.493 e. The van der Waals surface area contributed by atoms with Gasteiger partial charge in [-0.15, -0.1) is 0 Å². The fourth-order valence-corrected chi connectivity index (χ4v) is 2.20. The summed E-state index contributed by atoms with van der Waals surface area (Å²) in [5, 5.41) is 4.00. The molecule has 2 rings (SSSR count). The topological polar surface area (TPSA) is 64.4 Å². The Labute approximate surface area is 137 Å². The van der Waals surface area contributed by atoms with Gasteiger partial charge in [-0.1, -0.05) is 13.8 Å². The molecule has 6 heteroatoms. The van der Waals surface area contributed by atoms with Crippen LogP contribution in [0.3, 0.4) is 0 Å². The highest BCUT2D eigenvalue weighted by atomic mass is 16.5. The molecule has 1 aromatic rings. The van der Waals surface area contributed by atoms with Gasteiger partial charge in [-0.3, -0.25) is 4.79 Å². The van der Waals surface area contributed by atoms with Gasteiger partial charge in [0.2, 0.25) is 0 Å². The molecule has 2 N–H and O–H groups in total. The lowest BCUT2D eigenvalue weighted by atomic mass is 10.2. The third kappa shape index (κ3) is 6.80. The van der Waals surface area contributed by atoms with Crippen LogP contribution in [0.2, 0.25) is 0 Å². The van der Waals surface area contributed by atoms with Gasteiger partial charge >= 0.3 is 0 Å². The molecule has 1 amide bonds. The minimum Gasteiger partial charge on any atom is -0.493 e. The van der Waals surface area contributed by atoms with Crippen molar-refractivity contribution in [2.75, 3.05) is 39.5 Å². The lowest BCUT2D eigenvalue weighted by Gasteiger charge is -2.22. The molecule has 1 fully saturated rings. The lowest BCUT2D eigenvalue weighted by molar-refractivity contribution is -0.900. The summed E-state index contributed by atoms with van der Waals surface area (Å²) in [5.41, 5.74) is 3.49.